The van der Waals surface area contributed by atoms with E-state index in [2.05, 4.69) is 37.0 Å². The summed E-state index contributed by atoms with van der Waals surface area (Å²) in [6, 6.07) is 14.9. The van der Waals surface area contributed by atoms with E-state index in [4.69, 9.17) is 0 Å². The number of hydrogen-bond acceptors (Lipinski definition) is 3. The van der Waals surface area contributed by atoms with Gasteiger partial charge in [-0.15, -0.1) is 0 Å². The van der Waals surface area contributed by atoms with Crippen molar-refractivity contribution in [3.8, 4) is 0 Å². The minimum atomic E-state index is -0.473. The number of nitrogens with zero attached hydrogens (tertiary/aromatic N) is 2. The van der Waals surface area contributed by atoms with Gasteiger partial charge in [-0.3, -0.25) is 9.59 Å². The highest BCUT2D eigenvalue weighted by Crippen LogP contribution is 2.31. The maximum absolute atomic E-state index is 12.5. The zero-order chi connectivity index (χ0) is 16.4. The van der Waals surface area contributed by atoms with Crippen molar-refractivity contribution < 1.29 is 9.59 Å². The van der Waals surface area contributed by atoms with Gasteiger partial charge in [-0.05, 0) is 35.4 Å². The average molecular weight is 436 g/mol. The second-order valence-electron chi connectivity index (χ2n) is 5.16. The fourth-order valence-electron chi connectivity index (χ4n) is 2.44. The van der Waals surface area contributed by atoms with Crippen LogP contribution >= 0.6 is 31.9 Å². The molecular weight excluding hydrogens is 424 g/mol. The fourth-order valence-corrected chi connectivity index (χ4v) is 3.27. The van der Waals surface area contributed by atoms with E-state index in [0.717, 1.165) is 25.1 Å². The number of benzene rings is 2. The lowest BCUT2D eigenvalue weighted by molar-refractivity contribution is -0.138. The average Bonchev–Trinajstić information content (AvgIpc) is 2.80. The van der Waals surface area contributed by atoms with Crippen LogP contribution < -0.4 is 0 Å². The lowest BCUT2D eigenvalue weighted by Gasteiger charge is -2.09. The molecule has 1 aliphatic rings. The highest BCUT2D eigenvalue weighted by molar-refractivity contribution is 9.10. The molecule has 1 unspecified atom stereocenters. The normalized spacial score (nSPS) is 18.2. The second kappa shape index (κ2) is 6.76. The summed E-state index contributed by atoms with van der Waals surface area (Å²) >= 11 is 6.76. The minimum Gasteiger partial charge on any atom is -0.272 e. The molecule has 0 spiro atoms. The summed E-state index contributed by atoms with van der Waals surface area (Å²) in [6.45, 7) is 0. The molecule has 1 aliphatic heterocycles. The Kier molecular flexibility index (Phi) is 4.73. The number of carbonyl (C=O) groups is 2. The van der Waals surface area contributed by atoms with Gasteiger partial charge in [0.05, 0.1) is 12.1 Å². The Morgan fingerprint density at radius 2 is 1.74 bits per heavy atom. The fraction of sp³-hybridized carbons (Fsp3) is 0.118. The Morgan fingerprint density at radius 3 is 2.43 bits per heavy atom. The Hall–Kier alpha value is -1.79. The molecule has 1 atom stereocenters. The topological polar surface area (TPSA) is 49.7 Å². The van der Waals surface area contributed by atoms with Crippen LogP contribution in [0.2, 0.25) is 0 Å². The third-order valence-corrected chi connectivity index (χ3v) is 4.53. The Morgan fingerprint density at radius 1 is 1.04 bits per heavy atom. The molecule has 0 bridgehead atoms. The molecule has 2 aromatic rings. The Bertz CT molecular complexity index is 805. The Balaban J connectivity index is 1.82. The van der Waals surface area contributed by atoms with Crippen molar-refractivity contribution in [2.24, 2.45) is 5.10 Å². The molecule has 3 rings (SSSR count). The summed E-state index contributed by atoms with van der Waals surface area (Å²) in [5.74, 6) is -1.05. The van der Waals surface area contributed by atoms with Crippen LogP contribution in [0, 0.1) is 0 Å². The van der Waals surface area contributed by atoms with E-state index >= 15 is 0 Å². The monoisotopic (exact) mass is 434 g/mol. The van der Waals surface area contributed by atoms with Crippen LogP contribution in [0.5, 0.6) is 0 Å². The first-order chi connectivity index (χ1) is 11.0. The zero-order valence-corrected chi connectivity index (χ0v) is 15.1. The van der Waals surface area contributed by atoms with Crippen molar-refractivity contribution in [3.63, 3.8) is 0 Å². The molecule has 2 amide bonds. The molecule has 6 heteroatoms. The predicted molar refractivity (Wildman–Crippen MR) is 95.1 cm³/mol. The molecular formula is C17H12Br2N2O2. The Labute approximate surface area is 150 Å². The SMILES string of the molecule is O=C1CC(c2cccc(Br)c2)C(=O)N1/N=C/c1cccc(Br)c1. The molecule has 0 radical (unpaired) electrons. The number of amides is 2. The van der Waals surface area contributed by atoms with Gasteiger partial charge in [0.15, 0.2) is 0 Å². The number of imide groups is 1. The molecule has 0 N–H and O–H groups in total. The highest BCUT2D eigenvalue weighted by Gasteiger charge is 2.39. The molecule has 116 valence electrons. The van der Waals surface area contributed by atoms with Crippen LogP contribution in [0.25, 0.3) is 0 Å². The summed E-state index contributed by atoms with van der Waals surface area (Å²) in [4.78, 5) is 24.6. The summed E-state index contributed by atoms with van der Waals surface area (Å²) in [5.41, 5.74) is 1.63. The van der Waals surface area contributed by atoms with Crippen molar-refractivity contribution in [3.05, 3.63) is 68.6 Å². The van der Waals surface area contributed by atoms with Crippen molar-refractivity contribution in [1.82, 2.24) is 5.01 Å². The first-order valence-corrected chi connectivity index (χ1v) is 8.55. The van der Waals surface area contributed by atoms with E-state index in [0.29, 0.717) is 0 Å². The summed E-state index contributed by atoms with van der Waals surface area (Å²) in [5, 5.41) is 5.04. The van der Waals surface area contributed by atoms with Gasteiger partial charge in [-0.1, -0.05) is 56.1 Å². The van der Waals surface area contributed by atoms with E-state index < -0.39 is 5.92 Å². The van der Waals surface area contributed by atoms with Gasteiger partial charge in [0.1, 0.15) is 0 Å². The predicted octanol–water partition coefficient (Wildman–Crippen LogP) is 4.09. The van der Waals surface area contributed by atoms with Gasteiger partial charge in [-0.2, -0.15) is 10.1 Å². The number of rotatable bonds is 3. The number of hydrogen-bond donors (Lipinski definition) is 0. The first kappa shape index (κ1) is 16.1. The van der Waals surface area contributed by atoms with Crippen molar-refractivity contribution >= 4 is 49.9 Å². The third-order valence-electron chi connectivity index (χ3n) is 3.54. The van der Waals surface area contributed by atoms with E-state index in [9.17, 15) is 9.59 Å². The van der Waals surface area contributed by atoms with Gasteiger partial charge < -0.3 is 0 Å². The molecule has 4 nitrogen and oxygen atoms in total. The summed E-state index contributed by atoms with van der Waals surface area (Å²) in [7, 11) is 0. The number of carbonyl (C=O) groups excluding carboxylic acids is 2. The molecule has 1 fully saturated rings. The molecule has 1 saturated heterocycles. The molecule has 0 aromatic heterocycles. The van der Waals surface area contributed by atoms with Crippen LogP contribution in [-0.2, 0) is 9.59 Å². The van der Waals surface area contributed by atoms with Gasteiger partial charge in [0.25, 0.3) is 11.8 Å². The van der Waals surface area contributed by atoms with E-state index in [1.807, 2.05) is 48.5 Å². The zero-order valence-electron chi connectivity index (χ0n) is 11.9. The van der Waals surface area contributed by atoms with E-state index in [-0.39, 0.29) is 18.2 Å². The number of hydrazone groups is 1. The largest absolute Gasteiger partial charge is 0.272 e. The molecule has 0 saturated carbocycles. The van der Waals surface area contributed by atoms with Gasteiger partial charge in [0, 0.05) is 15.4 Å². The quantitative estimate of drug-likeness (QED) is 0.538. The van der Waals surface area contributed by atoms with Gasteiger partial charge in [0.2, 0.25) is 0 Å². The van der Waals surface area contributed by atoms with Crippen LogP contribution in [0.3, 0.4) is 0 Å². The number of halogens is 2. The van der Waals surface area contributed by atoms with E-state index in [1.54, 1.807) is 0 Å². The standard InChI is InChI=1S/C17H12Br2N2O2/c18-13-5-1-3-11(7-13)10-20-21-16(22)9-15(17(21)23)12-4-2-6-14(19)8-12/h1-8,10,15H,9H2/b20-10+. The molecule has 1 heterocycles. The maximum atomic E-state index is 12.5. The van der Waals surface area contributed by atoms with Crippen molar-refractivity contribution in [2.45, 2.75) is 12.3 Å². The summed E-state index contributed by atoms with van der Waals surface area (Å²) in [6.07, 6.45) is 1.66. The van der Waals surface area contributed by atoms with Crippen LogP contribution in [-0.4, -0.2) is 23.0 Å². The molecule has 0 aliphatic carbocycles. The second-order valence-corrected chi connectivity index (χ2v) is 6.99. The molecule has 2 aromatic carbocycles. The van der Waals surface area contributed by atoms with Crippen LogP contribution in [0.4, 0.5) is 0 Å². The van der Waals surface area contributed by atoms with Crippen molar-refractivity contribution in [2.75, 3.05) is 0 Å². The van der Waals surface area contributed by atoms with Crippen LogP contribution in [0.15, 0.2) is 62.6 Å². The first-order valence-electron chi connectivity index (χ1n) is 6.96. The van der Waals surface area contributed by atoms with Crippen molar-refractivity contribution in [1.29, 1.82) is 0 Å². The summed E-state index contributed by atoms with van der Waals surface area (Å²) < 4.78 is 1.79. The third kappa shape index (κ3) is 3.59. The minimum absolute atomic E-state index is 0.144. The van der Waals surface area contributed by atoms with Crippen LogP contribution in [0.1, 0.15) is 23.5 Å². The maximum Gasteiger partial charge on any atom is 0.257 e. The van der Waals surface area contributed by atoms with Gasteiger partial charge in [-0.25, -0.2) is 0 Å². The van der Waals surface area contributed by atoms with E-state index in [1.165, 1.54) is 6.21 Å². The lowest BCUT2D eigenvalue weighted by Crippen LogP contribution is -2.24. The smallest absolute Gasteiger partial charge is 0.257 e. The lowest BCUT2D eigenvalue weighted by atomic mass is 9.98. The van der Waals surface area contributed by atoms with Gasteiger partial charge >= 0.3 is 0 Å². The highest BCUT2D eigenvalue weighted by atomic mass is 79.9. The molecule has 23 heavy (non-hydrogen) atoms.